The van der Waals surface area contributed by atoms with Gasteiger partial charge in [-0.25, -0.2) is 0 Å². The Bertz CT molecular complexity index is 864. The maximum Gasteiger partial charge on any atom is 0.417 e. The number of pyridine rings is 1. The van der Waals surface area contributed by atoms with Gasteiger partial charge in [0, 0.05) is 16.6 Å². The van der Waals surface area contributed by atoms with Gasteiger partial charge >= 0.3 is 18.5 Å². The lowest BCUT2D eigenvalue weighted by atomic mass is 10.1. The number of anilines is 1. The van der Waals surface area contributed by atoms with E-state index in [1.165, 1.54) is 0 Å². The number of halogens is 9. The van der Waals surface area contributed by atoms with Crippen LogP contribution in [0.5, 0.6) is 0 Å². The molecule has 13 heteroatoms. The lowest BCUT2D eigenvalue weighted by Crippen LogP contribution is -2.40. The van der Waals surface area contributed by atoms with Gasteiger partial charge in [0.1, 0.15) is 13.1 Å². The van der Waals surface area contributed by atoms with E-state index in [-0.39, 0.29) is 10.4 Å². The number of alkyl halides is 9. The Balaban J connectivity index is 2.67. The zero-order chi connectivity index (χ0) is 20.6. The van der Waals surface area contributed by atoms with Gasteiger partial charge in [-0.15, -0.1) is 0 Å². The fraction of sp³-hybridized carbons (Fsp3) is 0.357. The number of benzene rings is 1. The van der Waals surface area contributed by atoms with Crippen LogP contribution in [0.25, 0.3) is 10.9 Å². The largest absolute Gasteiger partial charge is 0.417 e. The standard InChI is InChI=1S/C14H10F9N3O/c15-12(16,17)5-26(6-13(18,19)20)7-1-2-10-8(3-7)9(14(21,22)23)4-11(24-10)25-27/h1-4,27H,5-6H2,(H,24,25). The molecular weight excluding hydrogens is 397 g/mol. The van der Waals surface area contributed by atoms with Crippen molar-refractivity contribution in [1.82, 2.24) is 4.98 Å². The van der Waals surface area contributed by atoms with Gasteiger partial charge in [-0.1, -0.05) is 5.16 Å². The second kappa shape index (κ2) is 6.85. The molecule has 1 aromatic heterocycles. The molecule has 0 saturated carbocycles. The van der Waals surface area contributed by atoms with Crippen LogP contribution in [0.4, 0.5) is 45.2 Å². The molecule has 0 aliphatic carbocycles. The minimum absolute atomic E-state index is 0.121. The third-order valence-electron chi connectivity index (χ3n) is 3.36. The first kappa shape index (κ1) is 20.7. The summed E-state index contributed by atoms with van der Waals surface area (Å²) in [6.45, 7) is -4.01. The zero-order valence-electron chi connectivity index (χ0n) is 13.0. The molecule has 2 rings (SSSR count). The van der Waals surface area contributed by atoms with Gasteiger partial charge < -0.3 is 15.1 Å². The Kier molecular flexibility index (Phi) is 5.25. The van der Waals surface area contributed by atoms with Gasteiger partial charge in [-0.3, -0.25) is 0 Å². The van der Waals surface area contributed by atoms with E-state index in [9.17, 15) is 39.5 Å². The number of fused-ring (bicyclic) bond motifs is 1. The molecule has 0 amide bonds. The zero-order valence-corrected chi connectivity index (χ0v) is 13.0. The quantitative estimate of drug-likeness (QED) is 0.450. The molecular formula is C14H10F9N3O. The van der Waals surface area contributed by atoms with E-state index >= 15 is 0 Å². The Morgan fingerprint density at radius 3 is 1.89 bits per heavy atom. The Hall–Kier alpha value is -2.60. The Morgan fingerprint density at radius 1 is 0.889 bits per heavy atom. The molecule has 0 aliphatic heterocycles. The molecule has 27 heavy (non-hydrogen) atoms. The van der Waals surface area contributed by atoms with E-state index in [0.29, 0.717) is 12.1 Å². The van der Waals surface area contributed by atoms with Crippen LogP contribution < -0.4 is 10.4 Å². The van der Waals surface area contributed by atoms with Crippen LogP contribution in [0.15, 0.2) is 29.4 Å². The first-order valence-electron chi connectivity index (χ1n) is 7.00. The lowest BCUT2D eigenvalue weighted by molar-refractivity contribution is -0.138. The second-order valence-electron chi connectivity index (χ2n) is 5.48. The topological polar surface area (TPSA) is 51.6 Å². The van der Waals surface area contributed by atoms with E-state index in [1.807, 2.05) is 0 Å². The molecule has 0 spiro atoms. The number of aromatic nitrogens is 1. The van der Waals surface area contributed by atoms with Crippen molar-refractivity contribution in [3.05, 3.63) is 35.3 Å². The Morgan fingerprint density at radius 2 is 1.44 bits per heavy atom. The van der Waals surface area contributed by atoms with E-state index in [1.54, 1.807) is 0 Å². The van der Waals surface area contributed by atoms with Crippen molar-refractivity contribution in [1.29, 1.82) is 0 Å². The Labute approximate surface area is 144 Å². The summed E-state index contributed by atoms with van der Waals surface area (Å²) >= 11 is 0. The highest BCUT2D eigenvalue weighted by atomic mass is 19.4. The van der Waals surface area contributed by atoms with Crippen LogP contribution in [0.1, 0.15) is 5.56 Å². The second-order valence-corrected chi connectivity index (χ2v) is 5.48. The van der Waals surface area contributed by atoms with E-state index in [0.717, 1.165) is 12.1 Å². The molecule has 2 N–H and O–H groups in total. The molecule has 1 aromatic carbocycles. The maximum atomic E-state index is 13.2. The van der Waals surface area contributed by atoms with Crippen molar-refractivity contribution in [3.8, 4) is 0 Å². The molecule has 0 fully saturated rings. The number of nitrogens with one attached hydrogen (secondary N) is 1. The van der Waals surface area contributed by atoms with Crippen LogP contribution in [-0.4, -0.2) is 35.6 Å². The summed E-state index contributed by atoms with van der Waals surface area (Å²) in [6.07, 6.45) is -15.0. The fourth-order valence-electron chi connectivity index (χ4n) is 2.41. The summed E-state index contributed by atoms with van der Waals surface area (Å²) in [5.41, 5.74) is -2.97. The SMILES string of the molecule is ON=c1cc(C(F)(F)F)c2cc(N(CC(F)(F)F)CC(F)(F)F)ccc2[nH]1. The van der Waals surface area contributed by atoms with Gasteiger partial charge in [-0.05, 0) is 24.3 Å². The lowest BCUT2D eigenvalue weighted by Gasteiger charge is -2.27. The van der Waals surface area contributed by atoms with Crippen LogP contribution >= 0.6 is 0 Å². The third-order valence-corrected chi connectivity index (χ3v) is 3.36. The molecule has 0 radical (unpaired) electrons. The number of rotatable bonds is 3. The molecule has 2 aromatic rings. The summed E-state index contributed by atoms with van der Waals surface area (Å²) in [6, 6.07) is 2.61. The first-order chi connectivity index (χ1) is 12.2. The maximum absolute atomic E-state index is 13.2. The van der Waals surface area contributed by atoms with Crippen LogP contribution in [0, 0.1) is 0 Å². The highest BCUT2D eigenvalue weighted by Gasteiger charge is 2.38. The van der Waals surface area contributed by atoms with Crippen molar-refractivity contribution in [2.45, 2.75) is 18.5 Å². The molecule has 0 bridgehead atoms. The molecule has 0 saturated heterocycles. The number of hydrogen-bond donors (Lipinski definition) is 2. The summed E-state index contributed by atoms with van der Waals surface area (Å²) in [5, 5.41) is 10.6. The fourth-order valence-corrected chi connectivity index (χ4v) is 2.41. The summed E-state index contributed by atoms with van der Waals surface area (Å²) < 4.78 is 115. The van der Waals surface area contributed by atoms with Gasteiger partial charge in [0.2, 0.25) is 0 Å². The van der Waals surface area contributed by atoms with Crippen molar-refractivity contribution in [3.63, 3.8) is 0 Å². The number of H-pyrrole nitrogens is 1. The minimum atomic E-state index is -5.02. The predicted octanol–water partition coefficient (Wildman–Crippen LogP) is 4.41. The van der Waals surface area contributed by atoms with Gasteiger partial charge in [0.05, 0.1) is 5.56 Å². The van der Waals surface area contributed by atoms with Crippen molar-refractivity contribution < 1.29 is 44.7 Å². The van der Waals surface area contributed by atoms with Gasteiger partial charge in [0.25, 0.3) is 0 Å². The molecule has 150 valence electrons. The van der Waals surface area contributed by atoms with E-state index in [2.05, 4.69) is 10.1 Å². The summed E-state index contributed by atoms with van der Waals surface area (Å²) in [5.74, 6) is 0. The third kappa shape index (κ3) is 5.44. The predicted molar refractivity (Wildman–Crippen MR) is 75.0 cm³/mol. The van der Waals surface area contributed by atoms with Crippen molar-refractivity contribution >= 4 is 16.6 Å². The molecule has 1 heterocycles. The van der Waals surface area contributed by atoms with E-state index in [4.69, 9.17) is 5.21 Å². The molecule has 0 unspecified atom stereocenters. The molecule has 4 nitrogen and oxygen atoms in total. The highest BCUT2D eigenvalue weighted by Crippen LogP contribution is 2.35. The molecule has 0 atom stereocenters. The van der Waals surface area contributed by atoms with Crippen molar-refractivity contribution in [2.24, 2.45) is 5.16 Å². The highest BCUT2D eigenvalue weighted by molar-refractivity contribution is 5.86. The minimum Gasteiger partial charge on any atom is -0.409 e. The van der Waals surface area contributed by atoms with Crippen LogP contribution in [0.2, 0.25) is 0 Å². The number of aromatic amines is 1. The average Bonchev–Trinajstić information content (AvgIpc) is 2.49. The molecule has 0 aliphatic rings. The summed E-state index contributed by atoms with van der Waals surface area (Å²) in [4.78, 5) is 2.15. The smallest absolute Gasteiger partial charge is 0.409 e. The average molecular weight is 407 g/mol. The normalized spacial score (nSPS) is 14.0. The van der Waals surface area contributed by atoms with E-state index < -0.39 is 53.7 Å². The summed E-state index contributed by atoms with van der Waals surface area (Å²) in [7, 11) is 0. The van der Waals surface area contributed by atoms with Crippen LogP contribution in [-0.2, 0) is 6.18 Å². The van der Waals surface area contributed by atoms with Crippen LogP contribution in [0.3, 0.4) is 0 Å². The monoisotopic (exact) mass is 407 g/mol. The number of hydrogen-bond acceptors (Lipinski definition) is 3. The number of nitrogens with zero attached hydrogens (tertiary/aromatic N) is 2. The first-order valence-corrected chi connectivity index (χ1v) is 7.00. The van der Waals surface area contributed by atoms with Gasteiger partial charge in [-0.2, -0.15) is 39.5 Å². The van der Waals surface area contributed by atoms with Crippen molar-refractivity contribution in [2.75, 3.05) is 18.0 Å². The van der Waals surface area contributed by atoms with Gasteiger partial charge in [0.15, 0.2) is 5.49 Å².